The third kappa shape index (κ3) is 3.26. The summed E-state index contributed by atoms with van der Waals surface area (Å²) >= 11 is 9.68. The molecule has 34 heavy (non-hydrogen) atoms. The molecule has 0 saturated heterocycles. The summed E-state index contributed by atoms with van der Waals surface area (Å²) in [5, 5.41) is 24.6. The molecule has 0 aliphatic heterocycles. The number of aliphatic hydroxyl groups is 2. The number of fused-ring (bicyclic) bond motifs is 2. The minimum atomic E-state index is -0.884. The van der Waals surface area contributed by atoms with Crippen molar-refractivity contribution in [3.8, 4) is 0 Å². The average molecular weight is 543 g/mol. The number of nitrogens with two attached hydrogens (primary N) is 1. The van der Waals surface area contributed by atoms with Gasteiger partial charge in [-0.3, -0.25) is 0 Å². The zero-order valence-electron chi connectivity index (χ0n) is 18.6. The first-order valence-electron chi connectivity index (χ1n) is 11.5. The van der Waals surface area contributed by atoms with Gasteiger partial charge >= 0.3 is 0 Å². The molecular formula is C25H25BrClN5O2. The average Bonchev–Trinajstić information content (AvgIpc) is 3.45. The maximum Gasteiger partial charge on any atom is 0.145 e. The highest BCUT2D eigenvalue weighted by atomic mass is 79.9. The summed E-state index contributed by atoms with van der Waals surface area (Å²) in [6.45, 7) is 2.23. The first-order chi connectivity index (χ1) is 16.3. The molecule has 6 rings (SSSR count). The van der Waals surface area contributed by atoms with Crippen LogP contribution >= 0.6 is 27.5 Å². The van der Waals surface area contributed by atoms with Crippen LogP contribution in [0.5, 0.6) is 0 Å². The fourth-order valence-corrected chi connectivity index (χ4v) is 6.99. The molecule has 3 heterocycles. The number of hydrogen-bond acceptors (Lipinski definition) is 6. The van der Waals surface area contributed by atoms with Crippen molar-refractivity contribution >= 4 is 55.3 Å². The van der Waals surface area contributed by atoms with Crippen LogP contribution in [-0.2, 0) is 0 Å². The molecule has 1 spiro atoms. The number of aliphatic hydroxyl groups excluding tert-OH is 2. The fourth-order valence-electron chi connectivity index (χ4n) is 6.47. The second-order valence-electron chi connectivity index (χ2n) is 9.99. The largest absolute Gasteiger partial charge is 0.390 e. The molecule has 6 atom stereocenters. The molecule has 6 unspecified atom stereocenters. The molecule has 2 aliphatic rings. The standard InChI is InChI=1S/C25H25BrClN5O2/c1-12-8-25(9-16(12)13-2-3-14-6-17(26)23(28)31-18(14)7-13)10-19(20(33)21(25)34)32-5-4-15-22(27)29-11-30-24(15)32/h2-7,11-12,16,19-21,33-34H,8-10H2,1H3,(H2,28,31). The van der Waals surface area contributed by atoms with Crippen LogP contribution in [-0.4, -0.2) is 41.9 Å². The molecule has 2 aliphatic carbocycles. The molecule has 4 N–H and O–H groups in total. The molecule has 176 valence electrons. The van der Waals surface area contributed by atoms with Gasteiger partial charge in [0.05, 0.1) is 27.5 Å². The van der Waals surface area contributed by atoms with Crippen molar-refractivity contribution in [3.63, 3.8) is 0 Å². The Labute approximate surface area is 210 Å². The lowest BCUT2D eigenvalue weighted by molar-refractivity contribution is -0.0270. The summed E-state index contributed by atoms with van der Waals surface area (Å²) in [6.07, 6.45) is 3.94. The van der Waals surface area contributed by atoms with Gasteiger partial charge in [-0.05, 0) is 70.8 Å². The lowest BCUT2D eigenvalue weighted by Crippen LogP contribution is -2.35. The fraction of sp³-hybridized carbons (Fsp3) is 0.400. The second kappa shape index (κ2) is 7.88. The van der Waals surface area contributed by atoms with Crippen molar-refractivity contribution in [2.45, 2.75) is 50.4 Å². The normalized spacial score (nSPS) is 31.3. The number of aromatic nitrogens is 4. The summed E-state index contributed by atoms with van der Waals surface area (Å²) in [5.74, 6) is 1.08. The molecule has 3 aromatic heterocycles. The summed E-state index contributed by atoms with van der Waals surface area (Å²) in [7, 11) is 0. The van der Waals surface area contributed by atoms with Gasteiger partial charge in [0.25, 0.3) is 0 Å². The van der Waals surface area contributed by atoms with Gasteiger partial charge in [-0.15, -0.1) is 0 Å². The van der Waals surface area contributed by atoms with Gasteiger partial charge in [0, 0.05) is 17.0 Å². The van der Waals surface area contributed by atoms with E-state index in [0.29, 0.717) is 29.0 Å². The van der Waals surface area contributed by atoms with Gasteiger partial charge in [-0.25, -0.2) is 15.0 Å². The zero-order valence-corrected chi connectivity index (χ0v) is 20.9. The minimum absolute atomic E-state index is 0.259. The van der Waals surface area contributed by atoms with Crippen molar-refractivity contribution in [3.05, 3.63) is 58.0 Å². The maximum absolute atomic E-state index is 11.3. The Morgan fingerprint density at radius 3 is 2.79 bits per heavy atom. The van der Waals surface area contributed by atoms with Gasteiger partial charge < -0.3 is 20.5 Å². The molecule has 0 amide bonds. The number of hydrogen-bond donors (Lipinski definition) is 3. The molecule has 0 bridgehead atoms. The molecule has 4 aromatic rings. The van der Waals surface area contributed by atoms with Crippen LogP contribution in [0.4, 0.5) is 5.82 Å². The first-order valence-corrected chi connectivity index (χ1v) is 12.6. The van der Waals surface area contributed by atoms with Crippen molar-refractivity contribution in [1.29, 1.82) is 0 Å². The van der Waals surface area contributed by atoms with Crippen molar-refractivity contribution in [2.75, 3.05) is 5.73 Å². The molecule has 0 radical (unpaired) electrons. The van der Waals surface area contributed by atoms with Gasteiger partial charge in [0.2, 0.25) is 0 Å². The molecule has 1 aromatic carbocycles. The predicted octanol–water partition coefficient (Wildman–Crippen LogP) is 4.84. The Morgan fingerprint density at radius 1 is 1.15 bits per heavy atom. The number of halogens is 2. The van der Waals surface area contributed by atoms with E-state index in [1.165, 1.54) is 11.9 Å². The van der Waals surface area contributed by atoms with Gasteiger partial charge in [-0.2, -0.15) is 0 Å². The van der Waals surface area contributed by atoms with E-state index in [4.69, 9.17) is 17.3 Å². The zero-order chi connectivity index (χ0) is 23.8. The van der Waals surface area contributed by atoms with E-state index in [1.54, 1.807) is 0 Å². The molecule has 2 fully saturated rings. The molecule has 9 heteroatoms. The number of nitrogen functional groups attached to an aromatic ring is 1. The minimum Gasteiger partial charge on any atom is -0.390 e. The first kappa shape index (κ1) is 22.2. The van der Waals surface area contributed by atoms with Gasteiger partial charge in [0.15, 0.2) is 0 Å². The summed E-state index contributed by atoms with van der Waals surface area (Å²) in [6, 6.07) is 9.93. The van der Waals surface area contributed by atoms with Gasteiger partial charge in [-0.1, -0.05) is 30.7 Å². The van der Waals surface area contributed by atoms with Crippen LogP contribution < -0.4 is 5.73 Å². The van der Waals surface area contributed by atoms with Crippen LogP contribution in [0, 0.1) is 11.3 Å². The highest BCUT2D eigenvalue weighted by Crippen LogP contribution is 2.60. The van der Waals surface area contributed by atoms with Crippen molar-refractivity contribution in [1.82, 2.24) is 19.5 Å². The number of nitrogens with zero attached hydrogens (tertiary/aromatic N) is 4. The predicted molar refractivity (Wildman–Crippen MR) is 136 cm³/mol. The lowest BCUT2D eigenvalue weighted by Gasteiger charge is -2.28. The summed E-state index contributed by atoms with van der Waals surface area (Å²) in [4.78, 5) is 13.0. The van der Waals surface area contributed by atoms with E-state index in [1.807, 2.05) is 22.9 Å². The summed E-state index contributed by atoms with van der Waals surface area (Å²) in [5.41, 5.74) is 8.39. The Kier molecular flexibility index (Phi) is 5.15. The Balaban J connectivity index is 1.33. The number of benzene rings is 1. The van der Waals surface area contributed by atoms with Gasteiger partial charge in [0.1, 0.15) is 29.0 Å². The number of pyridine rings is 1. The number of anilines is 1. The van der Waals surface area contributed by atoms with E-state index in [0.717, 1.165) is 33.6 Å². The topological polar surface area (TPSA) is 110 Å². The highest BCUT2D eigenvalue weighted by Gasteiger charge is 2.58. The smallest absolute Gasteiger partial charge is 0.145 e. The third-order valence-electron chi connectivity index (χ3n) is 8.07. The number of rotatable bonds is 2. The monoisotopic (exact) mass is 541 g/mol. The van der Waals surface area contributed by atoms with E-state index in [-0.39, 0.29) is 17.4 Å². The SMILES string of the molecule is CC1CC2(CC1c1ccc3cc(Br)c(N)nc3c1)CC(n1ccc3c(Cl)ncnc31)C(O)C2O. The van der Waals surface area contributed by atoms with Crippen LogP contribution in [0.15, 0.2) is 47.3 Å². The molecular weight excluding hydrogens is 518 g/mol. The van der Waals surface area contributed by atoms with Crippen LogP contribution in [0.25, 0.3) is 21.9 Å². The van der Waals surface area contributed by atoms with E-state index < -0.39 is 12.2 Å². The lowest BCUT2D eigenvalue weighted by atomic mass is 9.80. The molecule has 2 saturated carbocycles. The maximum atomic E-state index is 11.3. The van der Waals surface area contributed by atoms with E-state index in [2.05, 4.69) is 56.0 Å². The Morgan fingerprint density at radius 2 is 1.97 bits per heavy atom. The van der Waals surface area contributed by atoms with E-state index >= 15 is 0 Å². The van der Waals surface area contributed by atoms with Crippen LogP contribution in [0.3, 0.4) is 0 Å². The third-order valence-corrected chi connectivity index (χ3v) is 9.01. The Hall–Kier alpha value is -2.26. The van der Waals surface area contributed by atoms with E-state index in [9.17, 15) is 10.2 Å². The summed E-state index contributed by atoms with van der Waals surface area (Å²) < 4.78 is 2.74. The van der Waals surface area contributed by atoms with Crippen molar-refractivity contribution in [2.24, 2.45) is 11.3 Å². The van der Waals surface area contributed by atoms with Crippen LogP contribution in [0.1, 0.15) is 43.7 Å². The molecule has 7 nitrogen and oxygen atoms in total. The second-order valence-corrected chi connectivity index (χ2v) is 11.2. The highest BCUT2D eigenvalue weighted by molar-refractivity contribution is 9.10. The quantitative estimate of drug-likeness (QED) is 0.313. The van der Waals surface area contributed by atoms with Crippen molar-refractivity contribution < 1.29 is 10.2 Å². The Bertz CT molecular complexity index is 1430. The van der Waals surface area contributed by atoms with Crippen LogP contribution in [0.2, 0.25) is 5.15 Å².